The number of fused-ring (bicyclic) bond motifs is 3. The molecule has 0 saturated heterocycles. The Morgan fingerprint density at radius 2 is 2.09 bits per heavy atom. The van der Waals surface area contributed by atoms with Crippen LogP contribution in [0.4, 0.5) is 13.2 Å². The van der Waals surface area contributed by atoms with Crippen molar-refractivity contribution in [1.82, 2.24) is 10.3 Å². The molecule has 0 bridgehead atoms. The number of aromatic nitrogens is 1. The van der Waals surface area contributed by atoms with Crippen molar-refractivity contribution in [2.45, 2.75) is 31.6 Å². The molecule has 1 aliphatic rings. The van der Waals surface area contributed by atoms with Gasteiger partial charge in [0.25, 0.3) is 0 Å². The summed E-state index contributed by atoms with van der Waals surface area (Å²) in [6.45, 7) is 1.76. The fraction of sp³-hybridized carbons (Fsp3) is 0.400. The summed E-state index contributed by atoms with van der Waals surface area (Å²) in [5.41, 5.74) is 1.23. The molecule has 0 radical (unpaired) electrons. The lowest BCUT2D eigenvalue weighted by molar-refractivity contribution is -0.167. The molecule has 0 amide bonds. The number of alkyl halides is 3. The summed E-state index contributed by atoms with van der Waals surface area (Å²) in [4.78, 5) is 14.7. The molecule has 0 saturated carbocycles. The van der Waals surface area contributed by atoms with Crippen LogP contribution in [0.5, 0.6) is 0 Å². The highest BCUT2D eigenvalue weighted by Gasteiger charge is 2.48. The molecule has 0 spiro atoms. The van der Waals surface area contributed by atoms with Crippen molar-refractivity contribution >= 4 is 16.9 Å². The standard InChI is InChI=1S/C15H15F3N2O2/c1-2-22-14(21)11-7-9-8-5-3-4-6-10(8)19-12(9)13(20-11)15(16,17)18/h3-6,11,13,19-20H,2,7H2,1H3. The highest BCUT2D eigenvalue weighted by atomic mass is 19.4. The Balaban J connectivity index is 2.09. The second kappa shape index (κ2) is 5.31. The topological polar surface area (TPSA) is 54.1 Å². The van der Waals surface area contributed by atoms with E-state index in [2.05, 4.69) is 10.3 Å². The average Bonchev–Trinajstić information content (AvgIpc) is 2.84. The monoisotopic (exact) mass is 312 g/mol. The lowest BCUT2D eigenvalue weighted by Crippen LogP contribution is -2.50. The molecule has 2 unspecified atom stereocenters. The molecule has 1 aromatic carbocycles. The quantitative estimate of drug-likeness (QED) is 0.839. The molecule has 4 nitrogen and oxygen atoms in total. The molecule has 118 valence electrons. The van der Waals surface area contributed by atoms with E-state index in [1.807, 2.05) is 0 Å². The number of hydrogen-bond donors (Lipinski definition) is 2. The number of nitrogens with one attached hydrogen (secondary N) is 2. The molecule has 7 heteroatoms. The molecule has 0 aliphatic carbocycles. The molecule has 0 fully saturated rings. The van der Waals surface area contributed by atoms with Gasteiger partial charge in [0.15, 0.2) is 0 Å². The van der Waals surface area contributed by atoms with Gasteiger partial charge in [-0.15, -0.1) is 0 Å². The number of halogens is 3. The highest BCUT2D eigenvalue weighted by Crippen LogP contribution is 2.40. The van der Waals surface area contributed by atoms with Crippen LogP contribution in [0.2, 0.25) is 0 Å². The van der Waals surface area contributed by atoms with E-state index in [0.717, 1.165) is 0 Å². The van der Waals surface area contributed by atoms with Gasteiger partial charge in [-0.3, -0.25) is 10.1 Å². The van der Waals surface area contributed by atoms with E-state index in [1.165, 1.54) is 0 Å². The molecule has 22 heavy (non-hydrogen) atoms. The second-order valence-electron chi connectivity index (χ2n) is 5.21. The third-order valence-corrected chi connectivity index (χ3v) is 3.81. The van der Waals surface area contributed by atoms with E-state index >= 15 is 0 Å². The first kappa shape index (κ1) is 14.9. The Kier molecular flexibility index (Phi) is 3.60. The van der Waals surface area contributed by atoms with Crippen molar-refractivity contribution in [1.29, 1.82) is 0 Å². The number of carbonyl (C=O) groups excluding carboxylic acids is 1. The Labute approximate surface area is 124 Å². The SMILES string of the molecule is CCOC(=O)C1Cc2c([nH]c3ccccc23)C(C(F)(F)F)N1. The number of rotatable bonds is 2. The fourth-order valence-electron chi connectivity index (χ4n) is 2.89. The zero-order valence-corrected chi connectivity index (χ0v) is 11.8. The van der Waals surface area contributed by atoms with Gasteiger partial charge in [-0.05, 0) is 18.6 Å². The number of benzene rings is 1. The van der Waals surface area contributed by atoms with E-state index in [-0.39, 0.29) is 18.7 Å². The second-order valence-corrected chi connectivity index (χ2v) is 5.21. The van der Waals surface area contributed by atoms with Crippen molar-refractivity contribution in [2.24, 2.45) is 0 Å². The Bertz CT molecular complexity index is 708. The van der Waals surface area contributed by atoms with Gasteiger partial charge in [0.1, 0.15) is 12.1 Å². The first-order valence-electron chi connectivity index (χ1n) is 7.00. The maximum absolute atomic E-state index is 13.3. The van der Waals surface area contributed by atoms with Crippen molar-refractivity contribution in [2.75, 3.05) is 6.61 Å². The molecule has 3 rings (SSSR count). The minimum Gasteiger partial charge on any atom is -0.465 e. The van der Waals surface area contributed by atoms with Crippen molar-refractivity contribution < 1.29 is 22.7 Å². The van der Waals surface area contributed by atoms with Crippen LogP contribution < -0.4 is 5.32 Å². The van der Waals surface area contributed by atoms with Crippen LogP contribution in [0.3, 0.4) is 0 Å². The predicted molar refractivity (Wildman–Crippen MR) is 74.4 cm³/mol. The summed E-state index contributed by atoms with van der Waals surface area (Å²) in [5, 5.41) is 3.08. The summed E-state index contributed by atoms with van der Waals surface area (Å²) in [7, 11) is 0. The number of ether oxygens (including phenoxy) is 1. The van der Waals surface area contributed by atoms with Crippen LogP contribution in [-0.2, 0) is 16.0 Å². The zero-order valence-electron chi connectivity index (χ0n) is 11.8. The van der Waals surface area contributed by atoms with Gasteiger partial charge in [0, 0.05) is 23.0 Å². The maximum Gasteiger partial charge on any atom is 0.409 e. The van der Waals surface area contributed by atoms with E-state index < -0.39 is 24.2 Å². The number of aromatic amines is 1. The van der Waals surface area contributed by atoms with Crippen molar-refractivity contribution in [3.8, 4) is 0 Å². The lowest BCUT2D eigenvalue weighted by atomic mass is 9.93. The number of esters is 1. The van der Waals surface area contributed by atoms with Crippen molar-refractivity contribution in [3.05, 3.63) is 35.5 Å². The molecular formula is C15H15F3N2O2. The zero-order chi connectivity index (χ0) is 15.9. The van der Waals surface area contributed by atoms with Crippen molar-refractivity contribution in [3.63, 3.8) is 0 Å². The summed E-state index contributed by atoms with van der Waals surface area (Å²) >= 11 is 0. The summed E-state index contributed by atoms with van der Waals surface area (Å²) < 4.78 is 44.9. The fourth-order valence-corrected chi connectivity index (χ4v) is 2.89. The first-order chi connectivity index (χ1) is 10.4. The van der Waals surface area contributed by atoms with Crippen LogP contribution in [0.25, 0.3) is 10.9 Å². The number of hydrogen-bond acceptors (Lipinski definition) is 3. The first-order valence-corrected chi connectivity index (χ1v) is 7.00. The molecule has 2 N–H and O–H groups in total. The molecule has 1 aromatic heterocycles. The Morgan fingerprint density at radius 3 is 2.77 bits per heavy atom. The minimum atomic E-state index is -4.50. The van der Waals surface area contributed by atoms with Gasteiger partial charge in [0.2, 0.25) is 0 Å². The lowest BCUT2D eigenvalue weighted by Gasteiger charge is -2.31. The van der Waals surface area contributed by atoms with Gasteiger partial charge in [0.05, 0.1) is 6.61 Å². The van der Waals surface area contributed by atoms with Gasteiger partial charge in [-0.2, -0.15) is 13.2 Å². The highest BCUT2D eigenvalue weighted by molar-refractivity contribution is 5.87. The predicted octanol–water partition coefficient (Wildman–Crippen LogP) is 2.85. The van der Waals surface area contributed by atoms with E-state index in [9.17, 15) is 18.0 Å². The third kappa shape index (κ3) is 2.45. The normalized spacial score (nSPS) is 21.6. The van der Waals surface area contributed by atoms with Crippen LogP contribution in [0.1, 0.15) is 24.2 Å². The summed E-state index contributed by atoms with van der Waals surface area (Å²) in [6.07, 6.45) is -4.33. The van der Waals surface area contributed by atoms with E-state index in [1.54, 1.807) is 31.2 Å². The maximum atomic E-state index is 13.3. The van der Waals surface area contributed by atoms with Crippen LogP contribution in [0.15, 0.2) is 24.3 Å². The van der Waals surface area contributed by atoms with Gasteiger partial charge in [-0.25, -0.2) is 0 Å². The third-order valence-electron chi connectivity index (χ3n) is 3.81. The van der Waals surface area contributed by atoms with Gasteiger partial charge in [-0.1, -0.05) is 18.2 Å². The Morgan fingerprint density at radius 1 is 1.36 bits per heavy atom. The minimum absolute atomic E-state index is 0.0780. The smallest absolute Gasteiger partial charge is 0.409 e. The van der Waals surface area contributed by atoms with Crippen LogP contribution in [-0.4, -0.2) is 29.8 Å². The van der Waals surface area contributed by atoms with E-state index in [4.69, 9.17) is 4.74 Å². The van der Waals surface area contributed by atoms with Crippen LogP contribution in [0, 0.1) is 0 Å². The number of para-hydroxylation sites is 1. The Hall–Kier alpha value is -2.02. The van der Waals surface area contributed by atoms with Crippen LogP contribution >= 0.6 is 0 Å². The van der Waals surface area contributed by atoms with Gasteiger partial charge >= 0.3 is 12.1 Å². The molecule has 2 aromatic rings. The largest absolute Gasteiger partial charge is 0.465 e. The summed E-state index contributed by atoms with van der Waals surface area (Å²) in [5.74, 6) is -0.660. The average molecular weight is 312 g/mol. The molecule has 2 heterocycles. The van der Waals surface area contributed by atoms with E-state index in [0.29, 0.717) is 16.5 Å². The van der Waals surface area contributed by atoms with Gasteiger partial charge < -0.3 is 9.72 Å². The molecular weight excluding hydrogens is 297 g/mol. The molecule has 1 aliphatic heterocycles. The number of H-pyrrole nitrogens is 1. The summed E-state index contributed by atoms with van der Waals surface area (Å²) in [6, 6.07) is 4.09. The number of carbonyl (C=O) groups is 1. The molecule has 2 atom stereocenters.